The molecule has 11 heteroatoms. The van der Waals surface area contributed by atoms with Gasteiger partial charge in [0.15, 0.2) is 11.5 Å². The predicted octanol–water partition coefficient (Wildman–Crippen LogP) is 5.81. The van der Waals surface area contributed by atoms with Gasteiger partial charge in [0.05, 0.1) is 58.2 Å². The first-order valence-electron chi connectivity index (χ1n) is 20.2. The Morgan fingerprint density at radius 3 is 2.49 bits per heavy atom. The van der Waals surface area contributed by atoms with E-state index in [9.17, 15) is 20.1 Å². The lowest BCUT2D eigenvalue weighted by atomic mass is 9.80. The average Bonchev–Trinajstić information content (AvgIpc) is 3.77. The molecule has 296 valence electrons. The van der Waals surface area contributed by atoms with E-state index in [-0.39, 0.29) is 23.3 Å². The van der Waals surface area contributed by atoms with Gasteiger partial charge >= 0.3 is 0 Å². The number of ether oxygens (including phenoxy) is 4. The highest BCUT2D eigenvalue weighted by Crippen LogP contribution is 2.43. The number of hydrogen-bond acceptors (Lipinski definition) is 9. The Balaban J connectivity index is 0.833. The van der Waals surface area contributed by atoms with Crippen molar-refractivity contribution in [1.82, 2.24) is 10.3 Å². The Hall–Kier alpha value is -4.13. The molecule has 3 aliphatic heterocycles. The predicted molar refractivity (Wildman–Crippen MR) is 212 cm³/mol. The Morgan fingerprint density at radius 1 is 0.927 bits per heavy atom. The largest absolute Gasteiger partial charge is 0.506 e. The second kappa shape index (κ2) is 17.8. The zero-order valence-corrected chi connectivity index (χ0v) is 32.1. The first kappa shape index (κ1) is 39.1. The molecule has 1 aromatic heterocycles. The third kappa shape index (κ3) is 9.13. The summed E-state index contributed by atoms with van der Waals surface area (Å²) in [5, 5.41) is 36.8. The molecular weight excluding hydrogens is 698 g/mol. The smallest absolute Gasteiger partial charge is 0.248 e. The maximum atomic E-state index is 12.1. The molecule has 5 N–H and O–H groups in total. The van der Waals surface area contributed by atoms with Gasteiger partial charge in [-0.15, -0.1) is 0 Å². The van der Waals surface area contributed by atoms with Crippen LogP contribution in [0, 0.1) is 11.8 Å². The van der Waals surface area contributed by atoms with Gasteiger partial charge in [0.25, 0.3) is 0 Å². The number of benzene rings is 3. The van der Waals surface area contributed by atoms with Crippen molar-refractivity contribution in [3.63, 3.8) is 0 Å². The normalized spacial score (nSPS) is 22.7. The van der Waals surface area contributed by atoms with Crippen LogP contribution in [-0.4, -0.2) is 97.1 Å². The topological polar surface area (TPSA) is 142 Å². The van der Waals surface area contributed by atoms with Gasteiger partial charge in [-0.3, -0.25) is 4.79 Å². The molecule has 55 heavy (non-hydrogen) atoms. The number of piperidine rings is 3. The molecule has 4 aromatic rings. The fraction of sp³-hybridized carbons (Fsp3) is 0.523. The molecule has 3 aromatic carbocycles. The number of aromatic hydroxyl groups is 1. The number of phenols is 1. The maximum Gasteiger partial charge on any atom is 0.248 e. The monoisotopic (exact) mass is 756 g/mol. The van der Waals surface area contributed by atoms with Crippen molar-refractivity contribution in [1.29, 1.82) is 0 Å². The molecule has 11 nitrogen and oxygen atoms in total. The summed E-state index contributed by atoms with van der Waals surface area (Å²) in [5.41, 5.74) is 0.695. The number of pyridine rings is 1. The van der Waals surface area contributed by atoms with Crippen LogP contribution in [-0.2, 0) is 10.3 Å². The molecule has 0 unspecified atom stereocenters. The zero-order valence-electron chi connectivity index (χ0n) is 32.1. The van der Waals surface area contributed by atoms with E-state index in [0.717, 1.165) is 48.1 Å². The third-order valence-electron chi connectivity index (χ3n) is 12.4. The molecule has 1 saturated carbocycles. The fourth-order valence-electron chi connectivity index (χ4n) is 9.25. The maximum absolute atomic E-state index is 12.1. The lowest BCUT2D eigenvalue weighted by Crippen LogP contribution is -2.65. The first-order valence-corrected chi connectivity index (χ1v) is 20.2. The van der Waals surface area contributed by atoms with Gasteiger partial charge in [-0.1, -0.05) is 49.2 Å². The molecule has 2 bridgehead atoms. The summed E-state index contributed by atoms with van der Waals surface area (Å²) < 4.78 is 25.6. The van der Waals surface area contributed by atoms with Crippen molar-refractivity contribution in [2.45, 2.75) is 69.2 Å². The van der Waals surface area contributed by atoms with E-state index in [4.69, 9.17) is 18.9 Å². The van der Waals surface area contributed by atoms with E-state index >= 15 is 0 Å². The van der Waals surface area contributed by atoms with Gasteiger partial charge in [0.2, 0.25) is 5.56 Å². The molecule has 4 heterocycles. The van der Waals surface area contributed by atoms with Crippen LogP contribution in [0.4, 0.5) is 0 Å². The van der Waals surface area contributed by atoms with Crippen LogP contribution >= 0.6 is 0 Å². The molecular formula is C44H58N3O8+. The number of aliphatic hydroxyl groups is 2. The van der Waals surface area contributed by atoms with Crippen LogP contribution in [0.5, 0.6) is 23.0 Å². The quantitative estimate of drug-likeness (QED) is 0.0593. The highest BCUT2D eigenvalue weighted by atomic mass is 16.5. The Bertz CT molecular complexity index is 1910. The molecule has 3 saturated heterocycles. The van der Waals surface area contributed by atoms with E-state index in [1.807, 2.05) is 36.4 Å². The standard InChI is InChI=1S/C44H57N3O8/c1-52-40-27-34(13-17-39(40)54-25-7-21-45-28-38(49)35-14-16-37(48)43-36(35)15-18-42(50)46-43)53-26-8-22-47-23-19-31(20-24-47)41(29-47)55-30-44(51,33-11-5-6-12-33)32-9-3-2-4-10-32/h2-4,9-10,13-18,27,31,33,38,41,45,49,51H,5-8,11-12,19-26,28-30H2,1H3,(H-,46,48,50)/p+1/t31?,38-,41-,44+,47?/m0/s1. The average molecular weight is 757 g/mol. The number of aromatic amines is 1. The van der Waals surface area contributed by atoms with Crippen LogP contribution in [0.3, 0.4) is 0 Å². The minimum absolute atomic E-state index is 0.0333. The number of phenolic OH excluding ortho intramolecular Hbond substituents is 1. The summed E-state index contributed by atoms with van der Waals surface area (Å²) in [5.74, 6) is 2.80. The van der Waals surface area contributed by atoms with Crippen molar-refractivity contribution in [2.24, 2.45) is 11.8 Å². The van der Waals surface area contributed by atoms with Gasteiger partial charge in [0, 0.05) is 49.2 Å². The summed E-state index contributed by atoms with van der Waals surface area (Å²) >= 11 is 0. The number of aliphatic hydroxyl groups excluding tert-OH is 1. The van der Waals surface area contributed by atoms with Gasteiger partial charge in [-0.2, -0.15) is 0 Å². The lowest BCUT2D eigenvalue weighted by molar-refractivity contribution is -0.946. The van der Waals surface area contributed by atoms with Crippen molar-refractivity contribution in [2.75, 3.05) is 66.2 Å². The minimum atomic E-state index is -0.927. The van der Waals surface area contributed by atoms with Gasteiger partial charge in [-0.25, -0.2) is 0 Å². The molecule has 1 aliphatic carbocycles. The van der Waals surface area contributed by atoms with Gasteiger partial charge in [-0.05, 0) is 67.1 Å². The first-order chi connectivity index (χ1) is 26.8. The Morgan fingerprint density at radius 2 is 1.71 bits per heavy atom. The number of methoxy groups -OCH3 is 1. The summed E-state index contributed by atoms with van der Waals surface area (Å²) in [6.45, 7) is 6.81. The SMILES string of the molecule is COc1cc(OCCC[N+]23CCC(CC2)[C@@H](OC[C@@](O)(c2ccccc2)C2CCCC2)C3)ccc1OCCCNC[C@H](O)c1ccc(O)c2[nH]c(=O)ccc12. The second-order valence-corrected chi connectivity index (χ2v) is 15.9. The number of nitrogens with one attached hydrogen (secondary N) is 2. The van der Waals surface area contributed by atoms with Crippen molar-refractivity contribution >= 4 is 10.9 Å². The van der Waals surface area contributed by atoms with Crippen LogP contribution in [0.2, 0.25) is 0 Å². The van der Waals surface area contributed by atoms with Gasteiger partial charge < -0.3 is 49.1 Å². The third-order valence-corrected chi connectivity index (χ3v) is 12.4. The molecule has 0 spiro atoms. The molecule has 0 radical (unpaired) electrons. The highest BCUT2D eigenvalue weighted by molar-refractivity contribution is 5.87. The Kier molecular flexibility index (Phi) is 12.6. The number of fused-ring (bicyclic) bond motifs is 4. The van der Waals surface area contributed by atoms with Crippen LogP contribution in [0.25, 0.3) is 10.9 Å². The molecule has 4 fully saturated rings. The summed E-state index contributed by atoms with van der Waals surface area (Å²) in [6, 6.07) is 22.0. The van der Waals surface area contributed by atoms with Crippen molar-refractivity contribution in [3.05, 3.63) is 94.3 Å². The van der Waals surface area contributed by atoms with E-state index in [1.165, 1.54) is 50.9 Å². The number of H-pyrrole nitrogens is 1. The van der Waals surface area contributed by atoms with Crippen molar-refractivity contribution < 1.29 is 38.8 Å². The number of hydrogen-bond donors (Lipinski definition) is 5. The van der Waals surface area contributed by atoms with E-state index in [2.05, 4.69) is 22.4 Å². The lowest BCUT2D eigenvalue weighted by Gasteiger charge is -2.53. The number of quaternary nitrogens is 1. The number of aromatic nitrogens is 1. The van der Waals surface area contributed by atoms with E-state index in [1.54, 1.807) is 19.2 Å². The summed E-state index contributed by atoms with van der Waals surface area (Å²) in [7, 11) is 1.63. The van der Waals surface area contributed by atoms with Gasteiger partial charge in [0.1, 0.15) is 29.7 Å². The minimum Gasteiger partial charge on any atom is -0.506 e. The molecule has 8 rings (SSSR count). The second-order valence-electron chi connectivity index (χ2n) is 15.9. The fourth-order valence-corrected chi connectivity index (χ4v) is 9.25. The number of nitrogens with zero attached hydrogens (tertiary/aromatic N) is 1. The van der Waals surface area contributed by atoms with Crippen molar-refractivity contribution in [3.8, 4) is 23.0 Å². The van der Waals surface area contributed by atoms with Crippen LogP contribution in [0.15, 0.2) is 77.6 Å². The molecule has 0 amide bonds. The molecule has 4 aliphatic rings. The Labute approximate surface area is 323 Å². The van der Waals surface area contributed by atoms with E-state index in [0.29, 0.717) is 73.2 Å². The van der Waals surface area contributed by atoms with E-state index < -0.39 is 11.7 Å². The van der Waals surface area contributed by atoms with Crippen LogP contribution in [0.1, 0.15) is 68.6 Å². The number of rotatable bonds is 19. The molecule has 3 atom stereocenters. The summed E-state index contributed by atoms with van der Waals surface area (Å²) in [6.07, 6.45) is 7.85. The highest BCUT2D eigenvalue weighted by Gasteiger charge is 2.48. The summed E-state index contributed by atoms with van der Waals surface area (Å²) in [4.78, 5) is 14.3. The van der Waals surface area contributed by atoms with Crippen LogP contribution < -0.4 is 25.1 Å². The zero-order chi connectivity index (χ0) is 38.3.